The second-order valence-electron chi connectivity index (χ2n) is 4.69. The maximum absolute atomic E-state index is 11.7. The van der Waals surface area contributed by atoms with E-state index in [0.717, 1.165) is 11.1 Å². The van der Waals surface area contributed by atoms with Crippen molar-refractivity contribution in [2.75, 3.05) is 14.2 Å². The van der Waals surface area contributed by atoms with E-state index >= 15 is 0 Å². The number of hydrogen-bond acceptors (Lipinski definition) is 4. The smallest absolute Gasteiger partial charge is 0.267 e. The molecule has 0 saturated heterocycles. The van der Waals surface area contributed by atoms with Gasteiger partial charge in [-0.05, 0) is 29.3 Å². The molecule has 2 rings (SSSR count). The molecule has 23 heavy (non-hydrogen) atoms. The molecule has 0 saturated carbocycles. The lowest BCUT2D eigenvalue weighted by Gasteiger charge is -2.07. The number of rotatable bonds is 7. The molecule has 0 aliphatic carbocycles. The first-order chi connectivity index (χ1) is 11.2. The normalized spacial score (nSPS) is 10.5. The van der Waals surface area contributed by atoms with Crippen LogP contribution in [0, 0.1) is 0 Å². The zero-order chi connectivity index (χ0) is 16.5. The predicted molar refractivity (Wildman–Crippen MR) is 88.0 cm³/mol. The Balaban J connectivity index is 1.86. The highest BCUT2D eigenvalue weighted by atomic mass is 16.6. The number of carbonyl (C=O) groups is 1. The topological polar surface area (TPSA) is 56.8 Å². The van der Waals surface area contributed by atoms with Gasteiger partial charge in [0.15, 0.2) is 11.5 Å². The van der Waals surface area contributed by atoms with Gasteiger partial charge in [0.1, 0.15) is 0 Å². The van der Waals surface area contributed by atoms with Crippen molar-refractivity contribution in [3.05, 3.63) is 65.7 Å². The molecule has 0 aromatic heterocycles. The highest BCUT2D eigenvalue weighted by molar-refractivity contribution is 5.91. The predicted octanol–water partition coefficient (Wildman–Crippen LogP) is 2.97. The van der Waals surface area contributed by atoms with E-state index in [2.05, 4.69) is 5.48 Å². The Morgan fingerprint density at radius 3 is 2.48 bits per heavy atom. The van der Waals surface area contributed by atoms with Gasteiger partial charge in [0, 0.05) is 6.08 Å². The quantitative estimate of drug-likeness (QED) is 0.631. The van der Waals surface area contributed by atoms with E-state index in [1.165, 1.54) is 6.08 Å². The van der Waals surface area contributed by atoms with Gasteiger partial charge in [-0.3, -0.25) is 9.63 Å². The van der Waals surface area contributed by atoms with Gasteiger partial charge in [0.2, 0.25) is 0 Å². The van der Waals surface area contributed by atoms with Crippen LogP contribution in [0.15, 0.2) is 54.6 Å². The van der Waals surface area contributed by atoms with Crippen LogP contribution in [0.3, 0.4) is 0 Å². The number of amides is 1. The van der Waals surface area contributed by atoms with Crippen LogP contribution >= 0.6 is 0 Å². The molecule has 0 heterocycles. The molecule has 0 spiro atoms. The number of methoxy groups -OCH3 is 2. The van der Waals surface area contributed by atoms with Crippen molar-refractivity contribution in [3.8, 4) is 11.5 Å². The molecule has 0 fully saturated rings. The molecule has 1 N–H and O–H groups in total. The van der Waals surface area contributed by atoms with Gasteiger partial charge in [-0.15, -0.1) is 0 Å². The molecule has 120 valence electrons. The zero-order valence-corrected chi connectivity index (χ0v) is 13.1. The van der Waals surface area contributed by atoms with Crippen LogP contribution in [-0.2, 0) is 16.2 Å². The number of benzene rings is 2. The number of nitrogens with one attached hydrogen (secondary N) is 1. The van der Waals surface area contributed by atoms with Gasteiger partial charge in [-0.25, -0.2) is 5.48 Å². The molecule has 2 aromatic rings. The Kier molecular flexibility index (Phi) is 6.20. The molecule has 1 amide bonds. The lowest BCUT2D eigenvalue weighted by Crippen LogP contribution is -2.21. The maximum atomic E-state index is 11.7. The monoisotopic (exact) mass is 313 g/mol. The Bertz CT molecular complexity index is 668. The van der Waals surface area contributed by atoms with Crippen molar-refractivity contribution in [3.63, 3.8) is 0 Å². The van der Waals surface area contributed by atoms with Gasteiger partial charge in [-0.2, -0.15) is 0 Å². The fraction of sp³-hybridized carbons (Fsp3) is 0.167. The third-order valence-electron chi connectivity index (χ3n) is 3.09. The van der Waals surface area contributed by atoms with Crippen molar-refractivity contribution >= 4 is 12.0 Å². The van der Waals surface area contributed by atoms with Crippen LogP contribution in [0.4, 0.5) is 0 Å². The summed E-state index contributed by atoms with van der Waals surface area (Å²) in [6.07, 6.45) is 3.06. The Hall–Kier alpha value is -2.79. The van der Waals surface area contributed by atoms with Crippen molar-refractivity contribution in [2.24, 2.45) is 0 Å². The van der Waals surface area contributed by atoms with E-state index < -0.39 is 0 Å². The van der Waals surface area contributed by atoms with Crippen molar-refractivity contribution in [1.29, 1.82) is 0 Å². The van der Waals surface area contributed by atoms with Gasteiger partial charge in [0.05, 0.1) is 20.8 Å². The van der Waals surface area contributed by atoms with Gasteiger partial charge < -0.3 is 9.47 Å². The summed E-state index contributed by atoms with van der Waals surface area (Å²) >= 11 is 0. The SMILES string of the molecule is COc1ccc(/C=C/C(=O)NOCc2ccccc2)cc1OC. The molecule has 5 heteroatoms. The third-order valence-corrected chi connectivity index (χ3v) is 3.09. The minimum atomic E-state index is -0.337. The maximum Gasteiger partial charge on any atom is 0.267 e. The van der Waals surface area contributed by atoms with E-state index in [9.17, 15) is 4.79 Å². The summed E-state index contributed by atoms with van der Waals surface area (Å²) in [5.74, 6) is 0.909. The lowest BCUT2D eigenvalue weighted by atomic mass is 10.2. The Morgan fingerprint density at radius 1 is 1.04 bits per heavy atom. The van der Waals surface area contributed by atoms with Crippen LogP contribution in [0.5, 0.6) is 11.5 Å². The molecule has 0 radical (unpaired) electrons. The third kappa shape index (κ3) is 5.16. The molecular formula is C18H19NO4. The first-order valence-electron chi connectivity index (χ1n) is 7.08. The van der Waals surface area contributed by atoms with Crippen molar-refractivity contribution < 1.29 is 19.1 Å². The van der Waals surface area contributed by atoms with E-state index in [0.29, 0.717) is 18.1 Å². The van der Waals surface area contributed by atoms with E-state index in [1.54, 1.807) is 32.4 Å². The van der Waals surface area contributed by atoms with E-state index in [4.69, 9.17) is 14.3 Å². The van der Waals surface area contributed by atoms with Crippen LogP contribution in [0.2, 0.25) is 0 Å². The van der Waals surface area contributed by atoms with Gasteiger partial charge in [-0.1, -0.05) is 36.4 Å². The van der Waals surface area contributed by atoms with Crippen LogP contribution in [0.25, 0.3) is 6.08 Å². The number of hydrogen-bond donors (Lipinski definition) is 1. The largest absolute Gasteiger partial charge is 0.493 e. The fourth-order valence-corrected chi connectivity index (χ4v) is 1.93. The summed E-state index contributed by atoms with van der Waals surface area (Å²) in [4.78, 5) is 16.9. The lowest BCUT2D eigenvalue weighted by molar-refractivity contribution is -0.129. The second-order valence-corrected chi connectivity index (χ2v) is 4.69. The number of carbonyl (C=O) groups excluding carboxylic acids is 1. The number of hydroxylamine groups is 1. The summed E-state index contributed by atoms with van der Waals surface area (Å²) < 4.78 is 10.4. The van der Waals surface area contributed by atoms with Crippen LogP contribution in [0.1, 0.15) is 11.1 Å². The van der Waals surface area contributed by atoms with Crippen molar-refractivity contribution in [1.82, 2.24) is 5.48 Å². The molecule has 0 atom stereocenters. The summed E-state index contributed by atoms with van der Waals surface area (Å²) in [6.45, 7) is 0.316. The van der Waals surface area contributed by atoms with E-state index in [-0.39, 0.29) is 5.91 Å². The molecule has 0 aliphatic heterocycles. The average molecular weight is 313 g/mol. The first kappa shape index (κ1) is 16.6. The highest BCUT2D eigenvalue weighted by Crippen LogP contribution is 2.27. The Labute approximate surface area is 135 Å². The van der Waals surface area contributed by atoms with Gasteiger partial charge in [0.25, 0.3) is 5.91 Å². The summed E-state index contributed by atoms with van der Waals surface area (Å²) in [7, 11) is 3.14. The molecule has 0 bridgehead atoms. The second kappa shape index (κ2) is 8.60. The molecule has 0 unspecified atom stereocenters. The fourth-order valence-electron chi connectivity index (χ4n) is 1.93. The summed E-state index contributed by atoms with van der Waals surface area (Å²) in [5.41, 5.74) is 4.17. The van der Waals surface area contributed by atoms with Crippen molar-refractivity contribution in [2.45, 2.75) is 6.61 Å². The van der Waals surface area contributed by atoms with Gasteiger partial charge >= 0.3 is 0 Å². The molecular weight excluding hydrogens is 294 g/mol. The average Bonchev–Trinajstić information content (AvgIpc) is 2.60. The minimum absolute atomic E-state index is 0.316. The van der Waals surface area contributed by atoms with E-state index in [1.807, 2.05) is 36.4 Å². The minimum Gasteiger partial charge on any atom is -0.493 e. The Morgan fingerprint density at radius 2 is 1.78 bits per heavy atom. The molecule has 5 nitrogen and oxygen atoms in total. The summed E-state index contributed by atoms with van der Waals surface area (Å²) in [5, 5.41) is 0. The first-order valence-corrected chi connectivity index (χ1v) is 7.08. The zero-order valence-electron chi connectivity index (χ0n) is 13.1. The highest BCUT2D eigenvalue weighted by Gasteiger charge is 2.03. The molecule has 2 aromatic carbocycles. The summed E-state index contributed by atoms with van der Waals surface area (Å²) in [6, 6.07) is 15.0. The van der Waals surface area contributed by atoms with Crippen LogP contribution in [-0.4, -0.2) is 20.1 Å². The molecule has 0 aliphatic rings. The standard InChI is InChI=1S/C18H19NO4/c1-21-16-10-8-14(12-17(16)22-2)9-11-18(20)19-23-13-15-6-4-3-5-7-15/h3-12H,13H2,1-2H3,(H,19,20)/b11-9+. The van der Waals surface area contributed by atoms with Crippen LogP contribution < -0.4 is 15.0 Å². The number of ether oxygens (including phenoxy) is 2.